The van der Waals surface area contributed by atoms with Crippen molar-refractivity contribution in [3.05, 3.63) is 99.3 Å². The minimum Gasteiger partial charge on any atom is -0.299 e. The molecule has 4 nitrogen and oxygen atoms in total. The number of piperidine rings is 1. The summed E-state index contributed by atoms with van der Waals surface area (Å²) in [5.74, 6) is -0.0389. The van der Waals surface area contributed by atoms with Crippen LogP contribution in [0.4, 0.5) is 0 Å². The molecule has 1 aliphatic carbocycles. The van der Waals surface area contributed by atoms with Crippen molar-refractivity contribution in [3.8, 4) is 0 Å². The van der Waals surface area contributed by atoms with Crippen LogP contribution in [0.3, 0.4) is 0 Å². The summed E-state index contributed by atoms with van der Waals surface area (Å²) in [7, 11) is 0. The summed E-state index contributed by atoms with van der Waals surface area (Å²) in [5.41, 5.74) is 5.58. The largest absolute Gasteiger partial charge is 0.299 e. The second kappa shape index (κ2) is 9.38. The Balaban J connectivity index is 1.30. The molecule has 1 fully saturated rings. The predicted octanol–water partition coefficient (Wildman–Crippen LogP) is 6.00. The monoisotopic (exact) mass is 477 g/mol. The number of rotatable bonds is 5. The third-order valence-electron chi connectivity index (χ3n) is 6.91. The third kappa shape index (κ3) is 4.74. The van der Waals surface area contributed by atoms with E-state index in [1.165, 1.54) is 16.7 Å². The van der Waals surface area contributed by atoms with Gasteiger partial charge in [0, 0.05) is 34.5 Å². The van der Waals surface area contributed by atoms with Gasteiger partial charge in [0.1, 0.15) is 11.7 Å². The topological polar surface area (TPSA) is 45.6 Å². The standard InChI is InChI=1S/C27H25Cl2N3O/c28-21-7-5-19(6-8-21)18-32-13-10-27(11-14-32)16-24(22-3-1-2-4-23(22)27)31-17-25(33)20-9-12-30-26(29)15-20/h1-9,12,15H,10-11,13-14,16-18H2. The van der Waals surface area contributed by atoms with Crippen LogP contribution < -0.4 is 0 Å². The van der Waals surface area contributed by atoms with Gasteiger partial charge in [-0.3, -0.25) is 14.7 Å². The van der Waals surface area contributed by atoms with Crippen molar-refractivity contribution in [1.29, 1.82) is 0 Å². The van der Waals surface area contributed by atoms with Gasteiger partial charge in [-0.15, -0.1) is 0 Å². The average Bonchev–Trinajstić information content (AvgIpc) is 3.14. The Labute approximate surface area is 204 Å². The van der Waals surface area contributed by atoms with Gasteiger partial charge in [0.05, 0.1) is 0 Å². The number of nitrogens with zero attached hydrogens (tertiary/aromatic N) is 3. The Morgan fingerprint density at radius 3 is 2.55 bits per heavy atom. The molecule has 0 radical (unpaired) electrons. The first-order valence-corrected chi connectivity index (χ1v) is 12.0. The van der Waals surface area contributed by atoms with Gasteiger partial charge in [-0.05, 0) is 73.3 Å². The quantitative estimate of drug-likeness (QED) is 0.334. The Morgan fingerprint density at radius 2 is 1.79 bits per heavy atom. The summed E-state index contributed by atoms with van der Waals surface area (Å²) in [5, 5.41) is 1.10. The molecule has 0 bridgehead atoms. The van der Waals surface area contributed by atoms with Crippen molar-refractivity contribution in [2.24, 2.45) is 4.99 Å². The number of likely N-dealkylation sites (tertiary alicyclic amines) is 1. The Kier molecular flexibility index (Phi) is 6.33. The summed E-state index contributed by atoms with van der Waals surface area (Å²) in [4.78, 5) is 23.9. The molecular weight excluding hydrogens is 453 g/mol. The second-order valence-corrected chi connectivity index (χ2v) is 9.78. The highest BCUT2D eigenvalue weighted by Gasteiger charge is 2.43. The zero-order chi connectivity index (χ0) is 22.8. The van der Waals surface area contributed by atoms with Gasteiger partial charge in [-0.25, -0.2) is 4.98 Å². The number of Topliss-reactive ketones (excluding diaryl/α,β-unsaturated/α-hetero) is 1. The number of aromatic nitrogens is 1. The van der Waals surface area contributed by atoms with Crippen LogP contribution in [0.5, 0.6) is 0 Å². The predicted molar refractivity (Wildman–Crippen MR) is 134 cm³/mol. The number of ketones is 1. The van der Waals surface area contributed by atoms with Gasteiger partial charge in [-0.2, -0.15) is 0 Å². The first-order chi connectivity index (χ1) is 16.0. The van der Waals surface area contributed by atoms with E-state index in [4.69, 9.17) is 28.2 Å². The number of pyridine rings is 1. The maximum atomic E-state index is 12.7. The molecule has 2 aromatic carbocycles. The molecule has 2 aliphatic rings. The number of benzene rings is 2. The summed E-state index contributed by atoms with van der Waals surface area (Å²) < 4.78 is 0. The number of halogens is 2. The van der Waals surface area contributed by atoms with Gasteiger partial charge in [-0.1, -0.05) is 59.6 Å². The van der Waals surface area contributed by atoms with Crippen molar-refractivity contribution in [3.63, 3.8) is 0 Å². The first-order valence-electron chi connectivity index (χ1n) is 11.3. The molecule has 2 heterocycles. The number of fused-ring (bicyclic) bond motifs is 2. The van der Waals surface area contributed by atoms with Crippen LogP contribution in [0.2, 0.25) is 10.2 Å². The molecule has 33 heavy (non-hydrogen) atoms. The minimum absolute atomic E-state index is 0.0389. The summed E-state index contributed by atoms with van der Waals surface area (Å²) >= 11 is 12.0. The highest BCUT2D eigenvalue weighted by molar-refractivity contribution is 6.30. The molecule has 0 N–H and O–H groups in total. The van der Waals surface area contributed by atoms with E-state index in [2.05, 4.69) is 46.3 Å². The van der Waals surface area contributed by atoms with Crippen molar-refractivity contribution >= 4 is 34.7 Å². The maximum Gasteiger partial charge on any atom is 0.184 e. The Hall–Kier alpha value is -2.53. The molecule has 0 saturated carbocycles. The van der Waals surface area contributed by atoms with Gasteiger partial charge < -0.3 is 0 Å². The molecule has 6 heteroatoms. The zero-order valence-corrected chi connectivity index (χ0v) is 19.8. The second-order valence-electron chi connectivity index (χ2n) is 8.96. The lowest BCUT2D eigenvalue weighted by Gasteiger charge is -2.40. The van der Waals surface area contributed by atoms with E-state index < -0.39 is 0 Å². The van der Waals surface area contributed by atoms with E-state index >= 15 is 0 Å². The number of carbonyl (C=O) groups is 1. The molecule has 0 unspecified atom stereocenters. The van der Waals surface area contributed by atoms with Crippen LogP contribution in [-0.2, 0) is 12.0 Å². The van der Waals surface area contributed by atoms with Gasteiger partial charge >= 0.3 is 0 Å². The smallest absolute Gasteiger partial charge is 0.184 e. The third-order valence-corrected chi connectivity index (χ3v) is 7.37. The molecule has 0 amide bonds. The summed E-state index contributed by atoms with van der Waals surface area (Å²) in [6.07, 6.45) is 4.63. The fourth-order valence-electron chi connectivity index (χ4n) is 5.12. The highest BCUT2D eigenvalue weighted by Crippen LogP contribution is 2.46. The fraction of sp³-hybridized carbons (Fsp3) is 0.296. The molecule has 1 aromatic heterocycles. The molecule has 3 aromatic rings. The van der Waals surface area contributed by atoms with Crippen LogP contribution in [0.15, 0.2) is 71.9 Å². The van der Waals surface area contributed by atoms with E-state index in [1.807, 2.05) is 12.1 Å². The SMILES string of the molecule is O=C(CN=C1CC2(CCN(Cc3ccc(Cl)cc3)CC2)c2ccccc21)c1ccnc(Cl)c1. The Bertz CT molecular complexity index is 1200. The van der Waals surface area contributed by atoms with Gasteiger partial charge in [0.25, 0.3) is 0 Å². The highest BCUT2D eigenvalue weighted by atomic mass is 35.5. The lowest BCUT2D eigenvalue weighted by molar-refractivity contribution is 0.100. The Morgan fingerprint density at radius 1 is 1.03 bits per heavy atom. The van der Waals surface area contributed by atoms with E-state index in [0.717, 1.165) is 49.6 Å². The normalized spacial score (nSPS) is 18.5. The first kappa shape index (κ1) is 22.3. The molecule has 168 valence electrons. The van der Waals surface area contributed by atoms with Gasteiger partial charge in [0.2, 0.25) is 0 Å². The molecule has 1 saturated heterocycles. The molecule has 5 rings (SSSR count). The van der Waals surface area contributed by atoms with Crippen molar-refractivity contribution in [1.82, 2.24) is 9.88 Å². The van der Waals surface area contributed by atoms with E-state index in [9.17, 15) is 4.79 Å². The van der Waals surface area contributed by atoms with Crippen molar-refractivity contribution < 1.29 is 4.79 Å². The van der Waals surface area contributed by atoms with Crippen LogP contribution in [0.25, 0.3) is 0 Å². The van der Waals surface area contributed by atoms with Crippen LogP contribution in [-0.4, -0.2) is 41.0 Å². The maximum absolute atomic E-state index is 12.7. The molecule has 1 spiro atoms. The lowest BCUT2D eigenvalue weighted by atomic mass is 9.73. The van der Waals surface area contributed by atoms with Crippen LogP contribution >= 0.6 is 23.2 Å². The van der Waals surface area contributed by atoms with E-state index in [0.29, 0.717) is 10.7 Å². The van der Waals surface area contributed by atoms with Crippen molar-refractivity contribution in [2.45, 2.75) is 31.2 Å². The van der Waals surface area contributed by atoms with Crippen LogP contribution in [0, 0.1) is 0 Å². The number of aliphatic imine (C=N–C) groups is 1. The summed E-state index contributed by atoms with van der Waals surface area (Å²) in [6.45, 7) is 3.15. The number of hydrogen-bond acceptors (Lipinski definition) is 4. The fourth-order valence-corrected chi connectivity index (χ4v) is 5.42. The lowest BCUT2D eigenvalue weighted by Crippen LogP contribution is -2.41. The zero-order valence-electron chi connectivity index (χ0n) is 18.3. The molecule has 1 aliphatic heterocycles. The van der Waals surface area contributed by atoms with E-state index in [1.54, 1.807) is 18.3 Å². The molecular formula is C27H25Cl2N3O. The van der Waals surface area contributed by atoms with Gasteiger partial charge in [0.15, 0.2) is 5.78 Å². The summed E-state index contributed by atoms with van der Waals surface area (Å²) in [6, 6.07) is 20.0. The number of carbonyl (C=O) groups excluding carboxylic acids is 1. The number of hydrogen-bond donors (Lipinski definition) is 0. The van der Waals surface area contributed by atoms with Crippen LogP contribution in [0.1, 0.15) is 46.3 Å². The van der Waals surface area contributed by atoms with E-state index in [-0.39, 0.29) is 17.7 Å². The minimum atomic E-state index is -0.0389. The van der Waals surface area contributed by atoms with Crippen molar-refractivity contribution in [2.75, 3.05) is 19.6 Å². The molecule has 0 atom stereocenters. The average molecular weight is 478 g/mol.